The monoisotopic (exact) mass is 397 g/mol. The van der Waals surface area contributed by atoms with E-state index in [2.05, 4.69) is 31.4 Å². The van der Waals surface area contributed by atoms with Crippen LogP contribution in [0.4, 0.5) is 5.13 Å². The molecule has 0 saturated heterocycles. The van der Waals surface area contributed by atoms with Gasteiger partial charge in [0.1, 0.15) is 0 Å². The highest BCUT2D eigenvalue weighted by molar-refractivity contribution is 9.10. The Morgan fingerprint density at radius 1 is 1.43 bits per heavy atom. The lowest BCUT2D eigenvalue weighted by atomic mass is 10.2. The van der Waals surface area contributed by atoms with Crippen molar-refractivity contribution in [3.8, 4) is 11.5 Å². The summed E-state index contributed by atoms with van der Waals surface area (Å²) in [5.41, 5.74) is 4.80. The predicted molar refractivity (Wildman–Crippen MR) is 99.1 cm³/mol. The Bertz CT molecular complexity index is 686. The van der Waals surface area contributed by atoms with E-state index in [-0.39, 0.29) is 6.10 Å². The summed E-state index contributed by atoms with van der Waals surface area (Å²) in [5.74, 6) is 1.41. The first-order valence-corrected chi connectivity index (χ1v) is 9.01. The van der Waals surface area contributed by atoms with Crippen molar-refractivity contribution in [1.82, 2.24) is 4.98 Å². The van der Waals surface area contributed by atoms with Crippen LogP contribution in [-0.2, 0) is 0 Å². The highest BCUT2D eigenvalue weighted by Gasteiger charge is 2.13. The fourth-order valence-electron chi connectivity index (χ4n) is 1.84. The van der Waals surface area contributed by atoms with Gasteiger partial charge in [0.25, 0.3) is 0 Å². The highest BCUT2D eigenvalue weighted by atomic mass is 79.9. The van der Waals surface area contributed by atoms with Gasteiger partial charge >= 0.3 is 0 Å². The van der Waals surface area contributed by atoms with Crippen molar-refractivity contribution in [1.29, 1.82) is 0 Å². The maximum atomic E-state index is 5.82. The van der Waals surface area contributed by atoms with E-state index in [4.69, 9.17) is 9.47 Å². The molecule has 1 aromatic carbocycles. The third kappa shape index (κ3) is 5.21. The van der Waals surface area contributed by atoms with Gasteiger partial charge in [-0.15, -0.1) is 11.3 Å². The summed E-state index contributed by atoms with van der Waals surface area (Å²) in [6.07, 6.45) is 1.79. The third-order valence-electron chi connectivity index (χ3n) is 2.68. The average Bonchev–Trinajstić information content (AvgIpc) is 2.88. The van der Waals surface area contributed by atoms with Crippen LogP contribution in [0.2, 0.25) is 0 Å². The standard InChI is InChI=1S/C16H20BrN3O2S/c1-5-21-14-7-12(6-13(17)15(14)22-10(2)3)8-18-20-16-19-11(4)9-23-16/h6-10H,5H2,1-4H3,(H,19,20). The van der Waals surface area contributed by atoms with E-state index < -0.39 is 0 Å². The van der Waals surface area contributed by atoms with Crippen molar-refractivity contribution in [2.75, 3.05) is 12.0 Å². The summed E-state index contributed by atoms with van der Waals surface area (Å²) in [7, 11) is 0. The first-order valence-electron chi connectivity index (χ1n) is 7.33. The second kappa shape index (κ2) is 8.31. The second-order valence-electron chi connectivity index (χ2n) is 5.09. The molecule has 23 heavy (non-hydrogen) atoms. The lowest BCUT2D eigenvalue weighted by Gasteiger charge is -2.16. The van der Waals surface area contributed by atoms with E-state index >= 15 is 0 Å². The fraction of sp³-hybridized carbons (Fsp3) is 0.375. The Balaban J connectivity index is 2.18. The number of thiazole rings is 1. The van der Waals surface area contributed by atoms with Gasteiger partial charge in [-0.25, -0.2) is 4.98 Å². The van der Waals surface area contributed by atoms with E-state index in [0.717, 1.165) is 20.9 Å². The van der Waals surface area contributed by atoms with Crippen molar-refractivity contribution >= 4 is 38.6 Å². The number of halogens is 1. The number of aromatic nitrogens is 1. The lowest BCUT2D eigenvalue weighted by Crippen LogP contribution is -2.08. The number of benzene rings is 1. The normalized spacial score (nSPS) is 11.2. The summed E-state index contributed by atoms with van der Waals surface area (Å²) in [6, 6.07) is 3.85. The van der Waals surface area contributed by atoms with Gasteiger partial charge in [-0.05, 0) is 61.3 Å². The average molecular weight is 398 g/mol. The number of ether oxygens (including phenoxy) is 2. The smallest absolute Gasteiger partial charge is 0.203 e. The van der Waals surface area contributed by atoms with Crippen LogP contribution in [0.15, 0.2) is 27.1 Å². The minimum absolute atomic E-state index is 0.0693. The Hall–Kier alpha value is -1.60. The number of hydrogen-bond acceptors (Lipinski definition) is 6. The maximum absolute atomic E-state index is 5.82. The molecule has 0 aliphatic carbocycles. The topological polar surface area (TPSA) is 55.7 Å². The zero-order valence-electron chi connectivity index (χ0n) is 13.6. The molecular formula is C16H20BrN3O2S. The van der Waals surface area contributed by atoms with E-state index in [1.807, 2.05) is 45.2 Å². The van der Waals surface area contributed by atoms with Crippen molar-refractivity contribution in [3.63, 3.8) is 0 Å². The van der Waals surface area contributed by atoms with Crippen LogP contribution in [0.5, 0.6) is 11.5 Å². The molecule has 0 saturated carbocycles. The molecule has 2 rings (SSSR count). The molecule has 0 amide bonds. The SMILES string of the molecule is CCOc1cc(C=NNc2nc(C)cs2)cc(Br)c1OC(C)C. The first kappa shape index (κ1) is 17.7. The van der Waals surface area contributed by atoms with Gasteiger partial charge in [-0.1, -0.05) is 0 Å². The largest absolute Gasteiger partial charge is 0.490 e. The van der Waals surface area contributed by atoms with Crippen LogP contribution in [0, 0.1) is 6.92 Å². The molecule has 0 fully saturated rings. The van der Waals surface area contributed by atoms with E-state index in [0.29, 0.717) is 18.1 Å². The van der Waals surface area contributed by atoms with Crippen LogP contribution in [0.25, 0.3) is 0 Å². The molecule has 1 heterocycles. The number of anilines is 1. The molecule has 124 valence electrons. The van der Waals surface area contributed by atoms with Gasteiger partial charge in [-0.3, -0.25) is 5.43 Å². The molecule has 0 radical (unpaired) electrons. The van der Waals surface area contributed by atoms with Crippen LogP contribution in [0.1, 0.15) is 32.0 Å². The Labute approximate surface area is 148 Å². The summed E-state index contributed by atoms with van der Waals surface area (Å²) >= 11 is 5.06. The van der Waals surface area contributed by atoms with Crippen LogP contribution >= 0.6 is 27.3 Å². The number of nitrogens with one attached hydrogen (secondary N) is 1. The number of hydrazone groups is 1. The maximum Gasteiger partial charge on any atom is 0.203 e. The number of nitrogens with zero attached hydrogens (tertiary/aromatic N) is 2. The van der Waals surface area contributed by atoms with Gasteiger partial charge < -0.3 is 9.47 Å². The number of hydrogen-bond donors (Lipinski definition) is 1. The van der Waals surface area contributed by atoms with Crippen molar-refractivity contribution in [2.24, 2.45) is 5.10 Å². The van der Waals surface area contributed by atoms with Gasteiger partial charge in [0.15, 0.2) is 11.5 Å². The quantitative estimate of drug-likeness (QED) is 0.535. The van der Waals surface area contributed by atoms with Crippen LogP contribution < -0.4 is 14.9 Å². The molecule has 2 aromatic rings. The Kier molecular flexibility index (Phi) is 6.41. The summed E-state index contributed by atoms with van der Waals surface area (Å²) in [5, 5.41) is 6.95. The van der Waals surface area contributed by atoms with Crippen molar-refractivity contribution < 1.29 is 9.47 Å². The fourth-order valence-corrected chi connectivity index (χ4v) is 3.03. The highest BCUT2D eigenvalue weighted by Crippen LogP contribution is 2.37. The van der Waals surface area contributed by atoms with E-state index in [9.17, 15) is 0 Å². The third-order valence-corrected chi connectivity index (χ3v) is 4.13. The summed E-state index contributed by atoms with van der Waals surface area (Å²) < 4.78 is 12.3. The van der Waals surface area contributed by atoms with Gasteiger partial charge in [0, 0.05) is 5.38 Å². The minimum atomic E-state index is 0.0693. The molecule has 1 aromatic heterocycles. The molecule has 1 N–H and O–H groups in total. The van der Waals surface area contributed by atoms with Gasteiger partial charge in [-0.2, -0.15) is 5.10 Å². The molecule has 0 aliphatic heterocycles. The number of rotatable bonds is 7. The van der Waals surface area contributed by atoms with Crippen molar-refractivity contribution in [3.05, 3.63) is 33.2 Å². The predicted octanol–water partition coefficient (Wildman–Crippen LogP) is 4.85. The zero-order valence-corrected chi connectivity index (χ0v) is 16.0. The second-order valence-corrected chi connectivity index (χ2v) is 6.81. The molecule has 0 spiro atoms. The zero-order chi connectivity index (χ0) is 16.8. The minimum Gasteiger partial charge on any atom is -0.490 e. The molecule has 0 bridgehead atoms. The summed E-state index contributed by atoms with van der Waals surface area (Å²) in [6.45, 7) is 8.43. The van der Waals surface area contributed by atoms with E-state index in [1.54, 1.807) is 6.21 Å². The van der Waals surface area contributed by atoms with Crippen LogP contribution in [0.3, 0.4) is 0 Å². The van der Waals surface area contributed by atoms with Crippen LogP contribution in [-0.4, -0.2) is 23.9 Å². The molecule has 7 heteroatoms. The molecule has 0 unspecified atom stereocenters. The first-order chi connectivity index (χ1) is 11.0. The Morgan fingerprint density at radius 2 is 2.22 bits per heavy atom. The molecule has 0 aliphatic rings. The Morgan fingerprint density at radius 3 is 2.83 bits per heavy atom. The molecular weight excluding hydrogens is 378 g/mol. The van der Waals surface area contributed by atoms with Crippen molar-refractivity contribution in [2.45, 2.75) is 33.8 Å². The summed E-state index contributed by atoms with van der Waals surface area (Å²) in [4.78, 5) is 4.29. The molecule has 0 atom stereocenters. The number of aryl methyl sites for hydroxylation is 1. The van der Waals surface area contributed by atoms with Gasteiger partial charge in [0.2, 0.25) is 5.13 Å². The molecule has 5 nitrogen and oxygen atoms in total. The lowest BCUT2D eigenvalue weighted by molar-refractivity contribution is 0.222. The van der Waals surface area contributed by atoms with Gasteiger partial charge in [0.05, 0.1) is 29.1 Å². The van der Waals surface area contributed by atoms with E-state index in [1.165, 1.54) is 11.3 Å².